The van der Waals surface area contributed by atoms with Gasteiger partial charge in [0.25, 0.3) is 0 Å². The first-order valence-corrected chi connectivity index (χ1v) is 7.52. The standard InChI is InChI=1S/C16H13ClN2S/c17-13-8-11(6-7-14(13)18)9-16-19-15(10-20-16)12-4-2-1-3-5-12/h1-8,10H,9,18H2. The van der Waals surface area contributed by atoms with Crippen LogP contribution < -0.4 is 5.73 Å². The molecule has 0 spiro atoms. The van der Waals surface area contributed by atoms with E-state index in [-0.39, 0.29) is 0 Å². The fourth-order valence-corrected chi connectivity index (χ4v) is 3.03. The molecule has 1 heterocycles. The van der Waals surface area contributed by atoms with E-state index in [0.29, 0.717) is 10.7 Å². The van der Waals surface area contributed by atoms with Crippen molar-refractivity contribution in [1.29, 1.82) is 0 Å². The number of benzene rings is 2. The van der Waals surface area contributed by atoms with Crippen LogP contribution in [0.5, 0.6) is 0 Å². The maximum absolute atomic E-state index is 6.04. The highest BCUT2D eigenvalue weighted by Crippen LogP contribution is 2.25. The molecule has 0 atom stereocenters. The third-order valence-electron chi connectivity index (χ3n) is 3.04. The molecule has 3 aromatic rings. The van der Waals surface area contributed by atoms with E-state index in [1.807, 2.05) is 36.4 Å². The third kappa shape index (κ3) is 2.84. The molecular weight excluding hydrogens is 288 g/mol. The van der Waals surface area contributed by atoms with Crippen LogP contribution in [-0.2, 0) is 6.42 Å². The lowest BCUT2D eigenvalue weighted by molar-refractivity contribution is 1.14. The van der Waals surface area contributed by atoms with Gasteiger partial charge in [-0.25, -0.2) is 4.98 Å². The summed E-state index contributed by atoms with van der Waals surface area (Å²) in [5.74, 6) is 0. The molecule has 0 amide bonds. The van der Waals surface area contributed by atoms with Crippen LogP contribution in [0.1, 0.15) is 10.6 Å². The fraction of sp³-hybridized carbons (Fsp3) is 0.0625. The highest BCUT2D eigenvalue weighted by atomic mass is 35.5. The Labute approximate surface area is 126 Å². The van der Waals surface area contributed by atoms with E-state index in [9.17, 15) is 0 Å². The first kappa shape index (κ1) is 13.2. The molecule has 2 N–H and O–H groups in total. The molecule has 0 aliphatic heterocycles. The number of thiazole rings is 1. The van der Waals surface area contributed by atoms with E-state index < -0.39 is 0 Å². The van der Waals surface area contributed by atoms with Crippen molar-refractivity contribution in [2.45, 2.75) is 6.42 Å². The van der Waals surface area contributed by atoms with Gasteiger partial charge in [0, 0.05) is 17.4 Å². The summed E-state index contributed by atoms with van der Waals surface area (Å²) in [6.45, 7) is 0. The molecule has 0 fully saturated rings. The summed E-state index contributed by atoms with van der Waals surface area (Å²) in [5, 5.41) is 3.76. The molecule has 0 saturated carbocycles. The van der Waals surface area contributed by atoms with Gasteiger partial charge in [0.05, 0.1) is 21.4 Å². The highest BCUT2D eigenvalue weighted by Gasteiger charge is 2.06. The van der Waals surface area contributed by atoms with Gasteiger partial charge in [-0.15, -0.1) is 11.3 Å². The number of nitrogen functional groups attached to an aromatic ring is 1. The van der Waals surface area contributed by atoms with E-state index >= 15 is 0 Å². The SMILES string of the molecule is Nc1ccc(Cc2nc(-c3ccccc3)cs2)cc1Cl. The Morgan fingerprint density at radius 1 is 1.10 bits per heavy atom. The Morgan fingerprint density at radius 2 is 1.90 bits per heavy atom. The minimum Gasteiger partial charge on any atom is -0.398 e. The molecule has 0 radical (unpaired) electrons. The quantitative estimate of drug-likeness (QED) is 0.716. The smallest absolute Gasteiger partial charge is 0.0976 e. The molecule has 100 valence electrons. The summed E-state index contributed by atoms with van der Waals surface area (Å²) >= 11 is 7.70. The maximum atomic E-state index is 6.04. The lowest BCUT2D eigenvalue weighted by Gasteiger charge is -2.01. The number of hydrogen-bond donors (Lipinski definition) is 1. The van der Waals surface area contributed by atoms with Gasteiger partial charge in [-0.05, 0) is 17.7 Å². The summed E-state index contributed by atoms with van der Waals surface area (Å²) in [7, 11) is 0. The predicted molar refractivity (Wildman–Crippen MR) is 86.2 cm³/mol. The first-order chi connectivity index (χ1) is 9.72. The van der Waals surface area contributed by atoms with Crippen LogP contribution in [-0.4, -0.2) is 4.98 Å². The number of rotatable bonds is 3. The van der Waals surface area contributed by atoms with E-state index in [1.165, 1.54) is 0 Å². The number of aromatic nitrogens is 1. The lowest BCUT2D eigenvalue weighted by Crippen LogP contribution is -1.91. The number of hydrogen-bond acceptors (Lipinski definition) is 3. The van der Waals surface area contributed by atoms with E-state index in [1.54, 1.807) is 11.3 Å². The summed E-state index contributed by atoms with van der Waals surface area (Å²) in [6.07, 6.45) is 0.775. The largest absolute Gasteiger partial charge is 0.398 e. The number of nitrogens with zero attached hydrogens (tertiary/aromatic N) is 1. The Hall–Kier alpha value is -1.84. The fourth-order valence-electron chi connectivity index (χ4n) is 1.99. The van der Waals surface area contributed by atoms with Crippen molar-refractivity contribution in [1.82, 2.24) is 4.98 Å². The van der Waals surface area contributed by atoms with Gasteiger partial charge in [-0.2, -0.15) is 0 Å². The number of nitrogens with two attached hydrogens (primary N) is 1. The van der Waals surface area contributed by atoms with Crippen molar-refractivity contribution in [3.05, 3.63) is 69.5 Å². The summed E-state index contributed by atoms with van der Waals surface area (Å²) in [5.41, 5.74) is 9.62. The molecule has 0 unspecified atom stereocenters. The molecule has 0 aliphatic carbocycles. The minimum absolute atomic E-state index is 0.599. The van der Waals surface area contributed by atoms with Crippen LogP contribution in [0.4, 0.5) is 5.69 Å². The molecule has 20 heavy (non-hydrogen) atoms. The van der Waals surface area contributed by atoms with Crippen LogP contribution in [0.2, 0.25) is 5.02 Å². The molecule has 0 aliphatic rings. The summed E-state index contributed by atoms with van der Waals surface area (Å²) in [6, 6.07) is 15.9. The molecule has 3 rings (SSSR count). The van der Waals surface area contributed by atoms with Gasteiger partial charge in [0.1, 0.15) is 0 Å². The van der Waals surface area contributed by atoms with Crippen LogP contribution >= 0.6 is 22.9 Å². The molecule has 0 bridgehead atoms. The Bertz CT molecular complexity index is 722. The van der Waals surface area contributed by atoms with Crippen molar-refractivity contribution in [3.63, 3.8) is 0 Å². The zero-order chi connectivity index (χ0) is 13.9. The first-order valence-electron chi connectivity index (χ1n) is 6.26. The molecule has 0 saturated heterocycles. The third-order valence-corrected chi connectivity index (χ3v) is 4.22. The predicted octanol–water partition coefficient (Wildman–Crippen LogP) is 4.64. The van der Waals surface area contributed by atoms with Crippen molar-refractivity contribution >= 4 is 28.6 Å². The molecule has 1 aromatic heterocycles. The van der Waals surface area contributed by atoms with Crippen molar-refractivity contribution in [2.24, 2.45) is 0 Å². The van der Waals surface area contributed by atoms with Crippen molar-refractivity contribution < 1.29 is 0 Å². The maximum Gasteiger partial charge on any atom is 0.0976 e. The molecule has 4 heteroatoms. The van der Waals surface area contributed by atoms with Gasteiger partial charge in [-0.1, -0.05) is 48.0 Å². The van der Waals surface area contributed by atoms with E-state index in [4.69, 9.17) is 17.3 Å². The topological polar surface area (TPSA) is 38.9 Å². The van der Waals surface area contributed by atoms with Crippen molar-refractivity contribution in [2.75, 3.05) is 5.73 Å². The second kappa shape index (κ2) is 5.65. The lowest BCUT2D eigenvalue weighted by atomic mass is 10.1. The van der Waals surface area contributed by atoms with Gasteiger partial charge in [0.15, 0.2) is 0 Å². The van der Waals surface area contributed by atoms with Crippen LogP contribution in [0.3, 0.4) is 0 Å². The van der Waals surface area contributed by atoms with Crippen molar-refractivity contribution in [3.8, 4) is 11.3 Å². The van der Waals surface area contributed by atoms with Crippen LogP contribution in [0.15, 0.2) is 53.9 Å². The highest BCUT2D eigenvalue weighted by molar-refractivity contribution is 7.10. The zero-order valence-corrected chi connectivity index (χ0v) is 12.3. The van der Waals surface area contributed by atoms with Gasteiger partial charge in [-0.3, -0.25) is 0 Å². The van der Waals surface area contributed by atoms with Crippen LogP contribution in [0, 0.1) is 0 Å². The van der Waals surface area contributed by atoms with Crippen LogP contribution in [0.25, 0.3) is 11.3 Å². The second-order valence-corrected chi connectivity index (χ2v) is 5.88. The number of anilines is 1. The summed E-state index contributed by atoms with van der Waals surface area (Å²) in [4.78, 5) is 4.67. The minimum atomic E-state index is 0.599. The second-order valence-electron chi connectivity index (χ2n) is 4.53. The normalized spacial score (nSPS) is 10.7. The van der Waals surface area contributed by atoms with E-state index in [2.05, 4.69) is 22.5 Å². The summed E-state index contributed by atoms with van der Waals surface area (Å²) < 4.78 is 0. The molecule has 2 nitrogen and oxygen atoms in total. The number of halogens is 1. The van der Waals surface area contributed by atoms with Gasteiger partial charge < -0.3 is 5.73 Å². The van der Waals surface area contributed by atoms with E-state index in [0.717, 1.165) is 28.2 Å². The Morgan fingerprint density at radius 3 is 2.65 bits per heavy atom. The van der Waals surface area contributed by atoms with Gasteiger partial charge in [0.2, 0.25) is 0 Å². The Kier molecular flexibility index (Phi) is 3.72. The molecular formula is C16H13ClN2S. The zero-order valence-electron chi connectivity index (χ0n) is 10.7. The molecule has 2 aromatic carbocycles. The van der Waals surface area contributed by atoms with Gasteiger partial charge >= 0.3 is 0 Å². The Balaban J connectivity index is 1.82. The average molecular weight is 301 g/mol. The average Bonchev–Trinajstić information content (AvgIpc) is 2.92. The monoisotopic (exact) mass is 300 g/mol.